The molecule has 0 radical (unpaired) electrons. The minimum atomic E-state index is -0.540. The molecule has 0 aliphatic carbocycles. The summed E-state index contributed by atoms with van der Waals surface area (Å²) in [5.41, 5.74) is -0.540. The van der Waals surface area contributed by atoms with Crippen molar-refractivity contribution in [3.8, 4) is 0 Å². The molecule has 6 heteroatoms. The fourth-order valence-corrected chi connectivity index (χ4v) is 1.89. The first-order chi connectivity index (χ1) is 8.89. The summed E-state index contributed by atoms with van der Waals surface area (Å²) >= 11 is 0. The van der Waals surface area contributed by atoms with E-state index < -0.39 is 11.7 Å². The highest BCUT2D eigenvalue weighted by atomic mass is 16.6. The van der Waals surface area contributed by atoms with Gasteiger partial charge < -0.3 is 14.6 Å². The molecule has 1 atom stereocenters. The molecular formula is C13H24N2O4. The van der Waals surface area contributed by atoms with Gasteiger partial charge in [-0.05, 0) is 34.1 Å². The van der Waals surface area contributed by atoms with Crippen molar-refractivity contribution in [1.82, 2.24) is 4.90 Å². The van der Waals surface area contributed by atoms with E-state index in [0.29, 0.717) is 32.0 Å². The molecule has 110 valence electrons. The SMILES string of the molecule is CCOC1=NCCN(C(=O)OC(C)(C)C)C1CCO. The van der Waals surface area contributed by atoms with Crippen LogP contribution >= 0.6 is 0 Å². The lowest BCUT2D eigenvalue weighted by Crippen LogP contribution is -2.51. The Morgan fingerprint density at radius 3 is 2.74 bits per heavy atom. The Morgan fingerprint density at radius 2 is 2.21 bits per heavy atom. The Hall–Kier alpha value is -1.30. The van der Waals surface area contributed by atoms with Crippen LogP contribution in [0.5, 0.6) is 0 Å². The van der Waals surface area contributed by atoms with Gasteiger partial charge in [0.2, 0.25) is 5.90 Å². The van der Waals surface area contributed by atoms with Crippen molar-refractivity contribution < 1.29 is 19.4 Å². The van der Waals surface area contributed by atoms with E-state index >= 15 is 0 Å². The Morgan fingerprint density at radius 1 is 1.53 bits per heavy atom. The number of hydrogen-bond acceptors (Lipinski definition) is 5. The Kier molecular flexibility index (Phi) is 5.60. The lowest BCUT2D eigenvalue weighted by Gasteiger charge is -2.35. The van der Waals surface area contributed by atoms with Gasteiger partial charge in [-0.1, -0.05) is 0 Å². The number of ether oxygens (including phenoxy) is 2. The summed E-state index contributed by atoms with van der Waals surface area (Å²) in [6.07, 6.45) is 0.0102. The van der Waals surface area contributed by atoms with Crippen molar-refractivity contribution in [2.45, 2.75) is 45.8 Å². The molecule has 1 N–H and O–H groups in total. The van der Waals surface area contributed by atoms with Crippen LogP contribution in [0.15, 0.2) is 4.99 Å². The second-order valence-electron chi connectivity index (χ2n) is 5.35. The van der Waals surface area contributed by atoms with Crippen LogP contribution in [-0.4, -0.2) is 59.9 Å². The first-order valence-corrected chi connectivity index (χ1v) is 6.66. The van der Waals surface area contributed by atoms with Gasteiger partial charge in [0.15, 0.2) is 0 Å². The molecule has 1 aliphatic heterocycles. The molecule has 0 fully saturated rings. The Bertz CT molecular complexity index is 336. The fraction of sp³-hybridized carbons (Fsp3) is 0.846. The molecule has 0 saturated heterocycles. The third-order valence-corrected chi connectivity index (χ3v) is 2.59. The van der Waals surface area contributed by atoms with E-state index in [0.717, 1.165) is 0 Å². The predicted octanol–water partition coefficient (Wildman–Crippen LogP) is 1.42. The average Bonchev–Trinajstić information content (AvgIpc) is 2.29. The summed E-state index contributed by atoms with van der Waals surface area (Å²) in [6.45, 7) is 8.78. The van der Waals surface area contributed by atoms with Crippen LogP contribution in [0, 0.1) is 0 Å². The maximum Gasteiger partial charge on any atom is 0.411 e. The highest BCUT2D eigenvalue weighted by Crippen LogP contribution is 2.17. The summed E-state index contributed by atoms with van der Waals surface area (Å²) in [5, 5.41) is 9.15. The second-order valence-corrected chi connectivity index (χ2v) is 5.35. The molecule has 0 saturated carbocycles. The summed E-state index contributed by atoms with van der Waals surface area (Å²) in [5.74, 6) is 0.508. The lowest BCUT2D eigenvalue weighted by atomic mass is 10.1. The van der Waals surface area contributed by atoms with E-state index in [9.17, 15) is 4.79 Å². The van der Waals surface area contributed by atoms with Gasteiger partial charge in [0.05, 0.1) is 13.2 Å². The van der Waals surface area contributed by atoms with Crippen LogP contribution in [-0.2, 0) is 9.47 Å². The van der Waals surface area contributed by atoms with Gasteiger partial charge in [0.25, 0.3) is 0 Å². The van der Waals surface area contributed by atoms with E-state index in [2.05, 4.69) is 4.99 Å². The van der Waals surface area contributed by atoms with Crippen molar-refractivity contribution in [2.75, 3.05) is 26.3 Å². The predicted molar refractivity (Wildman–Crippen MR) is 72.4 cm³/mol. The van der Waals surface area contributed by atoms with Crippen molar-refractivity contribution >= 4 is 12.0 Å². The van der Waals surface area contributed by atoms with Crippen LogP contribution in [0.1, 0.15) is 34.1 Å². The monoisotopic (exact) mass is 272 g/mol. The van der Waals surface area contributed by atoms with Crippen LogP contribution in [0.4, 0.5) is 4.79 Å². The summed E-state index contributed by atoms with van der Waals surface area (Å²) in [6, 6.07) is -0.339. The Balaban J connectivity index is 2.80. The number of hydrogen-bond donors (Lipinski definition) is 1. The molecule has 0 spiro atoms. The van der Waals surface area contributed by atoms with Crippen molar-refractivity contribution in [1.29, 1.82) is 0 Å². The highest BCUT2D eigenvalue weighted by Gasteiger charge is 2.34. The van der Waals surface area contributed by atoms with E-state index in [1.54, 1.807) is 4.90 Å². The quantitative estimate of drug-likeness (QED) is 0.843. The molecule has 1 rings (SSSR count). The van der Waals surface area contributed by atoms with Gasteiger partial charge in [-0.15, -0.1) is 0 Å². The normalized spacial score (nSPS) is 19.9. The maximum atomic E-state index is 12.2. The molecule has 6 nitrogen and oxygen atoms in total. The highest BCUT2D eigenvalue weighted by molar-refractivity contribution is 5.86. The van der Waals surface area contributed by atoms with E-state index in [-0.39, 0.29) is 12.6 Å². The van der Waals surface area contributed by atoms with E-state index in [1.807, 2.05) is 27.7 Å². The van der Waals surface area contributed by atoms with Gasteiger partial charge in [-0.25, -0.2) is 4.79 Å². The molecule has 0 aromatic heterocycles. The minimum absolute atomic E-state index is 0.0317. The number of aliphatic imine (C=N–C) groups is 1. The summed E-state index contributed by atoms with van der Waals surface area (Å²) < 4.78 is 10.8. The third kappa shape index (κ3) is 4.70. The number of amides is 1. The van der Waals surface area contributed by atoms with Gasteiger partial charge in [0.1, 0.15) is 11.6 Å². The van der Waals surface area contributed by atoms with Gasteiger partial charge >= 0.3 is 6.09 Å². The molecule has 1 amide bonds. The molecule has 0 aromatic carbocycles. The zero-order chi connectivity index (χ0) is 14.5. The first-order valence-electron chi connectivity index (χ1n) is 6.66. The summed E-state index contributed by atoms with van der Waals surface area (Å²) in [7, 11) is 0. The van der Waals surface area contributed by atoms with E-state index in [1.165, 1.54) is 0 Å². The molecular weight excluding hydrogens is 248 g/mol. The standard InChI is InChI=1S/C13H24N2O4/c1-5-18-11-10(6-9-16)15(8-7-14-11)12(17)19-13(2,3)4/h10,16H,5-9H2,1-4H3. The molecule has 1 aliphatic rings. The molecule has 19 heavy (non-hydrogen) atoms. The maximum absolute atomic E-state index is 12.2. The van der Waals surface area contributed by atoms with E-state index in [4.69, 9.17) is 14.6 Å². The average molecular weight is 272 g/mol. The van der Waals surface area contributed by atoms with Crippen LogP contribution in [0.3, 0.4) is 0 Å². The third-order valence-electron chi connectivity index (χ3n) is 2.59. The number of carbonyl (C=O) groups is 1. The van der Waals surface area contributed by atoms with Gasteiger partial charge in [-0.2, -0.15) is 0 Å². The number of aliphatic hydroxyl groups is 1. The molecule has 0 aromatic rings. The van der Waals surface area contributed by atoms with Crippen molar-refractivity contribution in [2.24, 2.45) is 4.99 Å². The summed E-state index contributed by atoms with van der Waals surface area (Å²) in [4.78, 5) is 18.0. The second kappa shape index (κ2) is 6.75. The van der Waals surface area contributed by atoms with Crippen molar-refractivity contribution in [3.63, 3.8) is 0 Å². The lowest BCUT2D eigenvalue weighted by molar-refractivity contribution is 0.0168. The zero-order valence-corrected chi connectivity index (χ0v) is 12.2. The number of rotatable bonds is 3. The largest absolute Gasteiger partial charge is 0.480 e. The van der Waals surface area contributed by atoms with Crippen LogP contribution < -0.4 is 0 Å². The Labute approximate surface area is 114 Å². The number of carbonyl (C=O) groups excluding carboxylic acids is 1. The van der Waals surface area contributed by atoms with Crippen LogP contribution in [0.2, 0.25) is 0 Å². The first kappa shape index (κ1) is 15.8. The number of nitrogens with zero attached hydrogens (tertiary/aromatic N) is 2. The minimum Gasteiger partial charge on any atom is -0.480 e. The van der Waals surface area contributed by atoms with Gasteiger partial charge in [0, 0.05) is 13.2 Å². The molecule has 0 bridgehead atoms. The molecule has 1 unspecified atom stereocenters. The van der Waals surface area contributed by atoms with Gasteiger partial charge in [-0.3, -0.25) is 9.89 Å². The number of aliphatic hydroxyl groups excluding tert-OH is 1. The zero-order valence-electron chi connectivity index (χ0n) is 12.2. The van der Waals surface area contributed by atoms with Crippen LogP contribution in [0.25, 0.3) is 0 Å². The fourth-order valence-electron chi connectivity index (χ4n) is 1.89. The smallest absolute Gasteiger partial charge is 0.411 e. The topological polar surface area (TPSA) is 71.4 Å². The molecule has 1 heterocycles. The van der Waals surface area contributed by atoms with Crippen molar-refractivity contribution in [3.05, 3.63) is 0 Å².